The van der Waals surface area contributed by atoms with Crippen LogP contribution < -0.4 is 0 Å². The van der Waals surface area contributed by atoms with Crippen LogP contribution in [0, 0.1) is 33.6 Å². The molecule has 1 amide bonds. The summed E-state index contributed by atoms with van der Waals surface area (Å²) in [6, 6.07) is 2.00. The lowest BCUT2D eigenvalue weighted by Crippen LogP contribution is -2.52. The van der Waals surface area contributed by atoms with Crippen LogP contribution in [0.1, 0.15) is 28.7 Å². The molecule has 0 aromatic heterocycles. The minimum atomic E-state index is -3.66. The Morgan fingerprint density at radius 3 is 2.00 bits per heavy atom. The summed E-state index contributed by atoms with van der Waals surface area (Å²) in [4.78, 5) is 14.6. The van der Waals surface area contributed by atoms with E-state index in [0.717, 1.165) is 22.3 Å². The molecule has 1 aromatic rings. The van der Waals surface area contributed by atoms with Gasteiger partial charge in [0.15, 0.2) is 9.84 Å². The maximum Gasteiger partial charge on any atom is 0.243 e. The normalized spacial score (nSPS) is 23.1. The fourth-order valence-corrected chi connectivity index (χ4v) is 7.82. The average molecular weight is 429 g/mol. The van der Waals surface area contributed by atoms with Gasteiger partial charge in [-0.25, -0.2) is 16.8 Å². The van der Waals surface area contributed by atoms with Gasteiger partial charge in [-0.05, 0) is 56.4 Å². The molecular formula is C19H28N2O5S2. The van der Waals surface area contributed by atoms with E-state index in [2.05, 4.69) is 0 Å². The molecule has 0 N–H and O–H groups in total. The van der Waals surface area contributed by atoms with Crippen molar-refractivity contribution in [2.45, 2.75) is 39.0 Å². The first-order valence-electron chi connectivity index (χ1n) is 9.51. The van der Waals surface area contributed by atoms with Crippen LogP contribution in [0.4, 0.5) is 0 Å². The fraction of sp³-hybridized carbons (Fsp3) is 0.632. The van der Waals surface area contributed by atoms with Crippen molar-refractivity contribution in [3.05, 3.63) is 28.3 Å². The molecule has 156 valence electrons. The van der Waals surface area contributed by atoms with E-state index in [1.54, 1.807) is 4.90 Å². The molecule has 28 heavy (non-hydrogen) atoms. The van der Waals surface area contributed by atoms with Gasteiger partial charge in [0.1, 0.15) is 0 Å². The van der Waals surface area contributed by atoms with Crippen molar-refractivity contribution in [2.24, 2.45) is 5.92 Å². The third-order valence-corrected chi connectivity index (χ3v) is 9.97. The van der Waals surface area contributed by atoms with Gasteiger partial charge in [0.2, 0.25) is 15.9 Å². The van der Waals surface area contributed by atoms with Crippen LogP contribution in [-0.2, 0) is 24.7 Å². The monoisotopic (exact) mass is 428 g/mol. The minimum absolute atomic E-state index is 0.0585. The zero-order chi connectivity index (χ0) is 20.9. The van der Waals surface area contributed by atoms with Crippen LogP contribution >= 0.6 is 0 Å². The second-order valence-electron chi connectivity index (χ2n) is 7.92. The van der Waals surface area contributed by atoms with E-state index in [1.165, 1.54) is 4.31 Å². The summed E-state index contributed by atoms with van der Waals surface area (Å²) in [6.07, 6.45) is 0.362. The zero-order valence-electron chi connectivity index (χ0n) is 16.9. The second-order valence-corrected chi connectivity index (χ2v) is 12.0. The summed E-state index contributed by atoms with van der Waals surface area (Å²) < 4.78 is 51.3. The molecule has 0 spiro atoms. The smallest absolute Gasteiger partial charge is 0.243 e. The molecular weight excluding hydrogens is 400 g/mol. The lowest BCUT2D eigenvalue weighted by Gasteiger charge is -2.35. The highest BCUT2D eigenvalue weighted by atomic mass is 32.2. The number of amides is 1. The Hall–Kier alpha value is -1.45. The predicted molar refractivity (Wildman–Crippen MR) is 107 cm³/mol. The molecule has 2 aliphatic rings. The lowest BCUT2D eigenvalue weighted by atomic mass is 10.0. The molecule has 9 heteroatoms. The van der Waals surface area contributed by atoms with Gasteiger partial charge in [0.25, 0.3) is 0 Å². The van der Waals surface area contributed by atoms with Crippen LogP contribution in [0.15, 0.2) is 11.0 Å². The molecule has 2 heterocycles. The van der Waals surface area contributed by atoms with E-state index >= 15 is 0 Å². The number of sulfone groups is 1. The molecule has 0 radical (unpaired) electrons. The van der Waals surface area contributed by atoms with Gasteiger partial charge in [-0.2, -0.15) is 4.31 Å². The summed E-state index contributed by atoms with van der Waals surface area (Å²) in [5, 5.41) is 0. The summed E-state index contributed by atoms with van der Waals surface area (Å²) >= 11 is 0. The summed E-state index contributed by atoms with van der Waals surface area (Å²) in [7, 11) is -6.78. The number of carbonyl (C=O) groups excluding carboxylic acids is 1. The second kappa shape index (κ2) is 7.42. The topological polar surface area (TPSA) is 91.8 Å². The van der Waals surface area contributed by atoms with Crippen LogP contribution in [0.25, 0.3) is 0 Å². The molecule has 2 fully saturated rings. The van der Waals surface area contributed by atoms with Gasteiger partial charge in [-0.3, -0.25) is 4.79 Å². The Balaban J connectivity index is 1.76. The van der Waals surface area contributed by atoms with E-state index < -0.39 is 25.8 Å². The summed E-state index contributed by atoms with van der Waals surface area (Å²) in [5.74, 6) is -0.692. The molecule has 3 rings (SSSR count). The van der Waals surface area contributed by atoms with Crippen molar-refractivity contribution >= 4 is 25.8 Å². The lowest BCUT2D eigenvalue weighted by molar-refractivity contribution is -0.135. The number of aryl methyl sites for hydroxylation is 2. The van der Waals surface area contributed by atoms with E-state index in [-0.39, 0.29) is 43.6 Å². The molecule has 7 nitrogen and oxygen atoms in total. The number of hydrogen-bond acceptors (Lipinski definition) is 5. The standard InChI is InChI=1S/C19H28N2O5S2/c1-13-11-14(2)16(4)18(15(13)3)28(25,26)21-8-6-20(7-9-21)19(22)17-5-10-27(23,24)12-17/h11,17H,5-10,12H2,1-4H3/t17-/m1/s1. The maximum absolute atomic E-state index is 13.3. The van der Waals surface area contributed by atoms with E-state index in [1.807, 2.05) is 33.8 Å². The summed E-state index contributed by atoms with van der Waals surface area (Å²) in [5.41, 5.74) is 3.41. The molecule has 1 aromatic carbocycles. The van der Waals surface area contributed by atoms with Crippen LogP contribution in [0.2, 0.25) is 0 Å². The first kappa shape index (κ1) is 21.3. The number of sulfonamides is 1. The predicted octanol–water partition coefficient (Wildman–Crippen LogP) is 1.19. The van der Waals surface area contributed by atoms with Gasteiger partial charge in [0, 0.05) is 26.2 Å². The van der Waals surface area contributed by atoms with Gasteiger partial charge < -0.3 is 4.90 Å². The van der Waals surface area contributed by atoms with Crippen molar-refractivity contribution in [1.82, 2.24) is 9.21 Å². The highest BCUT2D eigenvalue weighted by Gasteiger charge is 2.38. The number of nitrogens with zero attached hydrogens (tertiary/aromatic N) is 2. The Kier molecular flexibility index (Phi) is 5.64. The Labute approximate surface area is 167 Å². The van der Waals surface area contributed by atoms with Gasteiger partial charge in [0.05, 0.1) is 22.3 Å². The van der Waals surface area contributed by atoms with Crippen LogP contribution in [-0.4, -0.2) is 69.6 Å². The highest BCUT2D eigenvalue weighted by molar-refractivity contribution is 7.91. The maximum atomic E-state index is 13.3. The number of carbonyl (C=O) groups is 1. The molecule has 2 saturated heterocycles. The Morgan fingerprint density at radius 2 is 1.54 bits per heavy atom. The Morgan fingerprint density at radius 1 is 1.00 bits per heavy atom. The molecule has 0 bridgehead atoms. The van der Waals surface area contributed by atoms with E-state index in [4.69, 9.17) is 0 Å². The largest absolute Gasteiger partial charge is 0.340 e. The third-order valence-electron chi connectivity index (χ3n) is 6.03. The quantitative estimate of drug-likeness (QED) is 0.721. The number of hydrogen-bond donors (Lipinski definition) is 0. The van der Waals surface area contributed by atoms with Gasteiger partial charge >= 0.3 is 0 Å². The molecule has 1 atom stereocenters. The van der Waals surface area contributed by atoms with Crippen LogP contribution in [0.5, 0.6) is 0 Å². The molecule has 0 aliphatic carbocycles. The highest BCUT2D eigenvalue weighted by Crippen LogP contribution is 2.29. The number of rotatable bonds is 3. The SMILES string of the molecule is Cc1cc(C)c(C)c(S(=O)(=O)N2CCN(C(=O)[C@@H]3CCS(=O)(=O)C3)CC2)c1C. The third kappa shape index (κ3) is 3.84. The molecule has 2 aliphatic heterocycles. The van der Waals surface area contributed by atoms with E-state index in [9.17, 15) is 21.6 Å². The molecule has 0 unspecified atom stereocenters. The zero-order valence-corrected chi connectivity index (χ0v) is 18.5. The molecule has 0 saturated carbocycles. The van der Waals surface area contributed by atoms with Crippen molar-refractivity contribution in [2.75, 3.05) is 37.7 Å². The Bertz CT molecular complexity index is 981. The fourth-order valence-electron chi connectivity index (χ4n) is 4.09. The first-order chi connectivity index (χ1) is 12.9. The van der Waals surface area contributed by atoms with Crippen molar-refractivity contribution < 1.29 is 21.6 Å². The van der Waals surface area contributed by atoms with Gasteiger partial charge in [-0.1, -0.05) is 6.07 Å². The minimum Gasteiger partial charge on any atom is -0.340 e. The van der Waals surface area contributed by atoms with Crippen molar-refractivity contribution in [3.63, 3.8) is 0 Å². The summed E-state index contributed by atoms with van der Waals surface area (Å²) in [6.45, 7) is 8.50. The van der Waals surface area contributed by atoms with Crippen molar-refractivity contribution in [1.29, 1.82) is 0 Å². The van der Waals surface area contributed by atoms with Crippen molar-refractivity contribution in [3.8, 4) is 0 Å². The average Bonchev–Trinajstić information content (AvgIpc) is 2.99. The van der Waals surface area contributed by atoms with Crippen LogP contribution in [0.3, 0.4) is 0 Å². The van der Waals surface area contributed by atoms with Gasteiger partial charge in [-0.15, -0.1) is 0 Å². The number of benzene rings is 1. The first-order valence-corrected chi connectivity index (χ1v) is 12.8. The number of piperazine rings is 1. The van der Waals surface area contributed by atoms with E-state index in [0.29, 0.717) is 11.3 Å².